The number of thioether (sulfide) groups is 1. The first-order valence-corrected chi connectivity index (χ1v) is 10.5. The number of nitrogens with zero attached hydrogens (tertiary/aromatic N) is 2. The van der Waals surface area contributed by atoms with E-state index in [2.05, 4.69) is 34.6 Å². The first-order valence-electron chi connectivity index (χ1n) is 8.71. The van der Waals surface area contributed by atoms with Crippen molar-refractivity contribution in [3.8, 4) is 5.75 Å². The molecule has 0 bridgehead atoms. The van der Waals surface area contributed by atoms with Crippen LogP contribution >= 0.6 is 23.1 Å². The summed E-state index contributed by atoms with van der Waals surface area (Å²) in [6.07, 6.45) is 0.227. The first-order chi connectivity index (χ1) is 13.2. The van der Waals surface area contributed by atoms with E-state index >= 15 is 0 Å². The topological polar surface area (TPSA) is 64.1 Å². The van der Waals surface area contributed by atoms with Crippen LogP contribution in [0.4, 0.5) is 5.13 Å². The van der Waals surface area contributed by atoms with Crippen LogP contribution in [0, 0.1) is 0 Å². The molecule has 3 rings (SSSR count). The standard InChI is InChI=1S/C20H21N3O2S2/c1-3-16-11-7-8-12-17(16)25-14(2)18(24)21-19-22-23-20(27-19)26-13-15-9-5-4-6-10-15/h4-12,14H,3,13H2,1-2H3,(H,21,22,24)/t14-/m0/s1. The van der Waals surface area contributed by atoms with Crippen LogP contribution in [0.5, 0.6) is 5.75 Å². The van der Waals surface area contributed by atoms with E-state index in [1.807, 2.05) is 42.5 Å². The summed E-state index contributed by atoms with van der Waals surface area (Å²) in [6, 6.07) is 17.9. The molecule has 140 valence electrons. The van der Waals surface area contributed by atoms with Crippen LogP contribution in [0.25, 0.3) is 0 Å². The Morgan fingerprint density at radius 2 is 1.89 bits per heavy atom. The summed E-state index contributed by atoms with van der Waals surface area (Å²) >= 11 is 2.96. The van der Waals surface area contributed by atoms with Gasteiger partial charge in [0.25, 0.3) is 5.91 Å². The molecule has 1 amide bonds. The number of amides is 1. The van der Waals surface area contributed by atoms with Gasteiger partial charge in [0.1, 0.15) is 5.75 Å². The number of aryl methyl sites for hydroxylation is 1. The summed E-state index contributed by atoms with van der Waals surface area (Å²) in [4.78, 5) is 12.4. The maximum Gasteiger partial charge on any atom is 0.266 e. The van der Waals surface area contributed by atoms with Gasteiger partial charge in [0.2, 0.25) is 5.13 Å². The molecule has 0 radical (unpaired) electrons. The van der Waals surface area contributed by atoms with Crippen molar-refractivity contribution >= 4 is 34.1 Å². The van der Waals surface area contributed by atoms with Gasteiger partial charge in [0, 0.05) is 5.75 Å². The monoisotopic (exact) mass is 399 g/mol. The molecular formula is C20H21N3O2S2. The van der Waals surface area contributed by atoms with Crippen molar-refractivity contribution in [2.75, 3.05) is 5.32 Å². The Kier molecular flexibility index (Phi) is 6.84. The Balaban J connectivity index is 1.54. The highest BCUT2D eigenvalue weighted by atomic mass is 32.2. The van der Waals surface area contributed by atoms with Gasteiger partial charge in [-0.15, -0.1) is 10.2 Å². The highest BCUT2D eigenvalue weighted by Crippen LogP contribution is 2.28. The third-order valence-electron chi connectivity index (χ3n) is 3.87. The van der Waals surface area contributed by atoms with E-state index < -0.39 is 6.10 Å². The van der Waals surface area contributed by atoms with Gasteiger partial charge < -0.3 is 4.74 Å². The Morgan fingerprint density at radius 1 is 1.15 bits per heavy atom. The van der Waals surface area contributed by atoms with Gasteiger partial charge in [0.05, 0.1) is 0 Å². The normalized spacial score (nSPS) is 11.8. The van der Waals surface area contributed by atoms with Crippen molar-refractivity contribution in [2.24, 2.45) is 0 Å². The molecule has 1 N–H and O–H groups in total. The second-order valence-corrected chi connectivity index (χ2v) is 8.06. The summed E-state index contributed by atoms with van der Waals surface area (Å²) < 4.78 is 6.64. The smallest absolute Gasteiger partial charge is 0.266 e. The summed E-state index contributed by atoms with van der Waals surface area (Å²) in [7, 11) is 0. The fourth-order valence-corrected chi connectivity index (χ4v) is 4.11. The van der Waals surface area contributed by atoms with E-state index in [1.54, 1.807) is 18.7 Å². The van der Waals surface area contributed by atoms with Gasteiger partial charge in [0.15, 0.2) is 10.4 Å². The quantitative estimate of drug-likeness (QED) is 0.435. The minimum Gasteiger partial charge on any atom is -0.481 e. The van der Waals surface area contributed by atoms with Crippen molar-refractivity contribution in [1.82, 2.24) is 10.2 Å². The van der Waals surface area contributed by atoms with Crippen LogP contribution in [0.15, 0.2) is 58.9 Å². The van der Waals surface area contributed by atoms with E-state index in [0.717, 1.165) is 27.8 Å². The number of nitrogens with one attached hydrogen (secondary N) is 1. The molecule has 0 saturated heterocycles. The molecule has 0 spiro atoms. The number of ether oxygens (including phenoxy) is 1. The van der Waals surface area contributed by atoms with Crippen LogP contribution in [0.1, 0.15) is 25.0 Å². The van der Waals surface area contributed by atoms with Gasteiger partial charge >= 0.3 is 0 Å². The molecule has 1 heterocycles. The minimum absolute atomic E-state index is 0.239. The molecule has 2 aromatic carbocycles. The lowest BCUT2D eigenvalue weighted by molar-refractivity contribution is -0.122. The molecule has 7 heteroatoms. The molecule has 0 fully saturated rings. The van der Waals surface area contributed by atoms with Crippen LogP contribution in [-0.2, 0) is 17.0 Å². The average molecular weight is 400 g/mol. The molecule has 0 saturated carbocycles. The van der Waals surface area contributed by atoms with E-state index in [-0.39, 0.29) is 5.91 Å². The molecular weight excluding hydrogens is 378 g/mol. The van der Waals surface area contributed by atoms with Crippen LogP contribution in [0.2, 0.25) is 0 Å². The third-order valence-corrected chi connectivity index (χ3v) is 5.91. The summed E-state index contributed by atoms with van der Waals surface area (Å²) in [6.45, 7) is 3.79. The number of carbonyl (C=O) groups is 1. The predicted octanol–water partition coefficient (Wildman–Crippen LogP) is 4.80. The number of carbonyl (C=O) groups excluding carboxylic acids is 1. The number of para-hydroxylation sites is 1. The van der Waals surface area contributed by atoms with Crippen molar-refractivity contribution in [3.63, 3.8) is 0 Å². The lowest BCUT2D eigenvalue weighted by atomic mass is 10.1. The Labute approximate surface area is 167 Å². The number of hydrogen-bond acceptors (Lipinski definition) is 6. The van der Waals surface area contributed by atoms with E-state index in [4.69, 9.17) is 4.74 Å². The van der Waals surface area contributed by atoms with Crippen molar-refractivity contribution < 1.29 is 9.53 Å². The SMILES string of the molecule is CCc1ccccc1O[C@@H](C)C(=O)Nc1nnc(SCc2ccccc2)s1. The molecule has 0 unspecified atom stereocenters. The van der Waals surface area contributed by atoms with Gasteiger partial charge in [-0.2, -0.15) is 0 Å². The number of rotatable bonds is 8. The highest BCUT2D eigenvalue weighted by molar-refractivity contribution is 8.00. The minimum atomic E-state index is -0.623. The van der Waals surface area contributed by atoms with E-state index in [0.29, 0.717) is 5.13 Å². The Morgan fingerprint density at radius 3 is 2.67 bits per heavy atom. The molecule has 1 atom stereocenters. The number of anilines is 1. The van der Waals surface area contributed by atoms with Crippen molar-refractivity contribution in [2.45, 2.75) is 36.5 Å². The fourth-order valence-electron chi connectivity index (χ4n) is 2.40. The number of aromatic nitrogens is 2. The zero-order valence-electron chi connectivity index (χ0n) is 15.2. The van der Waals surface area contributed by atoms with Gasteiger partial charge in [-0.05, 0) is 30.5 Å². The molecule has 0 aliphatic heterocycles. The molecule has 3 aromatic rings. The zero-order valence-corrected chi connectivity index (χ0v) is 16.8. The lowest BCUT2D eigenvalue weighted by Crippen LogP contribution is -2.30. The largest absolute Gasteiger partial charge is 0.481 e. The number of benzene rings is 2. The van der Waals surface area contributed by atoms with Crippen LogP contribution in [0.3, 0.4) is 0 Å². The molecule has 0 aliphatic rings. The second kappa shape index (κ2) is 9.53. The molecule has 1 aromatic heterocycles. The fraction of sp³-hybridized carbons (Fsp3) is 0.250. The summed E-state index contributed by atoms with van der Waals surface area (Å²) in [5.74, 6) is 1.31. The lowest BCUT2D eigenvalue weighted by Gasteiger charge is -2.15. The van der Waals surface area contributed by atoms with Crippen LogP contribution in [-0.4, -0.2) is 22.2 Å². The maximum atomic E-state index is 12.4. The Hall–Kier alpha value is -2.38. The molecule has 0 aliphatic carbocycles. The summed E-state index contributed by atoms with van der Waals surface area (Å²) in [5, 5.41) is 11.4. The highest BCUT2D eigenvalue weighted by Gasteiger charge is 2.18. The zero-order chi connectivity index (χ0) is 19.1. The third kappa shape index (κ3) is 5.55. The average Bonchev–Trinajstić information content (AvgIpc) is 3.15. The van der Waals surface area contributed by atoms with Gasteiger partial charge in [-0.25, -0.2) is 0 Å². The predicted molar refractivity (Wildman–Crippen MR) is 110 cm³/mol. The van der Waals surface area contributed by atoms with Crippen LogP contribution < -0.4 is 10.1 Å². The second-order valence-electron chi connectivity index (χ2n) is 5.86. The van der Waals surface area contributed by atoms with Crippen molar-refractivity contribution in [3.05, 3.63) is 65.7 Å². The van der Waals surface area contributed by atoms with Crippen molar-refractivity contribution in [1.29, 1.82) is 0 Å². The van der Waals surface area contributed by atoms with E-state index in [9.17, 15) is 4.79 Å². The maximum absolute atomic E-state index is 12.4. The molecule has 5 nitrogen and oxygen atoms in total. The van der Waals surface area contributed by atoms with Gasteiger partial charge in [-0.1, -0.05) is 78.6 Å². The van der Waals surface area contributed by atoms with Gasteiger partial charge in [-0.3, -0.25) is 10.1 Å². The molecule has 27 heavy (non-hydrogen) atoms. The first kappa shape index (κ1) is 19.4. The van der Waals surface area contributed by atoms with E-state index in [1.165, 1.54) is 16.9 Å². The summed E-state index contributed by atoms with van der Waals surface area (Å²) in [5.41, 5.74) is 2.30. The number of hydrogen-bond donors (Lipinski definition) is 1. The Bertz CT molecular complexity index is 884.